The maximum Gasteiger partial charge on any atom is 0.226 e. The first-order valence-corrected chi connectivity index (χ1v) is 10.3. The Morgan fingerprint density at radius 3 is 2.44 bits per heavy atom. The van der Waals surface area contributed by atoms with E-state index < -0.39 is 0 Å². The number of hydrogen-bond acceptors (Lipinski definition) is 2. The lowest BCUT2D eigenvalue weighted by Crippen LogP contribution is -2.49. The summed E-state index contributed by atoms with van der Waals surface area (Å²) in [5.41, 5.74) is 2.43. The van der Waals surface area contributed by atoms with E-state index in [0.29, 0.717) is 12.3 Å². The van der Waals surface area contributed by atoms with Gasteiger partial charge in [0.1, 0.15) is 0 Å². The normalized spacial score (nSPS) is 18.8. The Labute approximate surface area is 164 Å². The van der Waals surface area contributed by atoms with E-state index in [2.05, 4.69) is 54.3 Å². The Kier molecular flexibility index (Phi) is 7.05. The number of amides is 1. The van der Waals surface area contributed by atoms with Crippen molar-refractivity contribution in [2.45, 2.75) is 45.6 Å². The van der Waals surface area contributed by atoms with Gasteiger partial charge in [-0.15, -0.1) is 0 Å². The molecule has 0 bridgehead atoms. The molecule has 1 heterocycles. The molecule has 0 spiro atoms. The first-order chi connectivity index (χ1) is 13.2. The number of carbonyl (C=O) groups excluding carboxylic acids is 1. The number of hydrogen-bond donors (Lipinski definition) is 0. The lowest BCUT2D eigenvalue weighted by atomic mass is 9.89. The van der Waals surface area contributed by atoms with E-state index in [1.807, 2.05) is 30.0 Å². The van der Waals surface area contributed by atoms with Crippen molar-refractivity contribution in [1.82, 2.24) is 4.90 Å². The molecule has 27 heavy (non-hydrogen) atoms. The van der Waals surface area contributed by atoms with Crippen molar-refractivity contribution >= 4 is 11.6 Å². The summed E-state index contributed by atoms with van der Waals surface area (Å²) in [5, 5.41) is 0. The minimum Gasteiger partial charge on any atom is -0.309 e. The predicted octanol–water partition coefficient (Wildman–Crippen LogP) is 4.77. The summed E-state index contributed by atoms with van der Waals surface area (Å²) >= 11 is 0. The molecular formula is C24H32N2O. The van der Waals surface area contributed by atoms with Crippen LogP contribution in [0.5, 0.6) is 0 Å². The summed E-state index contributed by atoms with van der Waals surface area (Å²) in [7, 11) is 0. The topological polar surface area (TPSA) is 23.6 Å². The van der Waals surface area contributed by atoms with Gasteiger partial charge in [0.25, 0.3) is 0 Å². The largest absolute Gasteiger partial charge is 0.309 e. The average Bonchev–Trinajstić information content (AvgIpc) is 2.74. The summed E-state index contributed by atoms with van der Waals surface area (Å²) in [5.74, 6) is 0.736. The summed E-state index contributed by atoms with van der Waals surface area (Å²) in [6.45, 7) is 7.53. The Balaban J connectivity index is 1.65. The van der Waals surface area contributed by atoms with Crippen molar-refractivity contribution in [3.05, 3.63) is 66.2 Å². The molecule has 1 amide bonds. The van der Waals surface area contributed by atoms with E-state index in [1.54, 1.807) is 0 Å². The predicted molar refractivity (Wildman–Crippen MR) is 113 cm³/mol. The van der Waals surface area contributed by atoms with Crippen LogP contribution in [0.4, 0.5) is 5.69 Å². The Hall–Kier alpha value is -2.13. The zero-order chi connectivity index (χ0) is 19.1. The highest BCUT2D eigenvalue weighted by molar-refractivity contribution is 5.93. The van der Waals surface area contributed by atoms with Gasteiger partial charge in [-0.3, -0.25) is 4.79 Å². The number of rotatable bonds is 7. The molecule has 0 unspecified atom stereocenters. The van der Waals surface area contributed by atoms with Gasteiger partial charge in [-0.1, -0.05) is 55.5 Å². The van der Waals surface area contributed by atoms with Crippen LogP contribution in [-0.4, -0.2) is 36.5 Å². The molecule has 0 radical (unpaired) electrons. The molecule has 144 valence electrons. The Morgan fingerprint density at radius 1 is 1.11 bits per heavy atom. The molecule has 1 saturated heterocycles. The second-order valence-corrected chi connectivity index (χ2v) is 7.63. The Morgan fingerprint density at radius 2 is 1.78 bits per heavy atom. The van der Waals surface area contributed by atoms with E-state index in [-0.39, 0.29) is 11.9 Å². The molecule has 1 aliphatic heterocycles. The smallest absolute Gasteiger partial charge is 0.226 e. The second-order valence-electron chi connectivity index (χ2n) is 7.63. The first-order valence-electron chi connectivity index (χ1n) is 10.3. The molecule has 2 aromatic rings. The zero-order valence-corrected chi connectivity index (χ0v) is 16.7. The molecule has 0 N–H and O–H groups in total. The summed E-state index contributed by atoms with van der Waals surface area (Å²) in [6, 6.07) is 21.1. The van der Waals surface area contributed by atoms with E-state index in [4.69, 9.17) is 0 Å². The van der Waals surface area contributed by atoms with Crippen LogP contribution in [0.15, 0.2) is 60.7 Å². The third-order valence-corrected chi connectivity index (χ3v) is 5.80. The first kappa shape index (κ1) is 19.6. The molecule has 3 heteroatoms. The van der Waals surface area contributed by atoms with Crippen molar-refractivity contribution in [3.8, 4) is 0 Å². The minimum absolute atomic E-state index is 0.218. The van der Waals surface area contributed by atoms with Crippen molar-refractivity contribution < 1.29 is 4.79 Å². The standard InChI is InChI=1S/C24H32N2O/c1-3-24(27)26(23-14-8-5-9-15-23)20(2)22-13-10-17-25(19-22)18-16-21-11-6-4-7-12-21/h4-9,11-12,14-15,20,22H,3,10,13,16-19H2,1-2H3/t20-,22+/m1/s1. The van der Waals surface area contributed by atoms with Crippen LogP contribution in [-0.2, 0) is 11.2 Å². The van der Waals surface area contributed by atoms with E-state index in [9.17, 15) is 4.79 Å². The van der Waals surface area contributed by atoms with Gasteiger partial charge in [0.05, 0.1) is 0 Å². The highest BCUT2D eigenvalue weighted by Crippen LogP contribution is 2.27. The number of likely N-dealkylation sites (tertiary alicyclic amines) is 1. The number of benzene rings is 2. The van der Waals surface area contributed by atoms with Crippen LogP contribution in [0.3, 0.4) is 0 Å². The van der Waals surface area contributed by atoms with E-state index in [1.165, 1.54) is 24.9 Å². The molecular weight excluding hydrogens is 332 g/mol. The number of nitrogens with zero attached hydrogens (tertiary/aromatic N) is 2. The average molecular weight is 365 g/mol. The van der Waals surface area contributed by atoms with Gasteiger partial charge >= 0.3 is 0 Å². The zero-order valence-electron chi connectivity index (χ0n) is 16.7. The molecule has 3 nitrogen and oxygen atoms in total. The van der Waals surface area contributed by atoms with Crippen molar-refractivity contribution in [3.63, 3.8) is 0 Å². The van der Waals surface area contributed by atoms with E-state index >= 15 is 0 Å². The van der Waals surface area contributed by atoms with Crippen LogP contribution in [0.25, 0.3) is 0 Å². The molecule has 0 aromatic heterocycles. The number of anilines is 1. The molecule has 2 atom stereocenters. The maximum atomic E-state index is 12.7. The molecule has 1 fully saturated rings. The van der Waals surface area contributed by atoms with Crippen molar-refractivity contribution in [1.29, 1.82) is 0 Å². The van der Waals surface area contributed by atoms with Crippen LogP contribution < -0.4 is 4.90 Å². The SMILES string of the molecule is CCC(=O)N(c1ccccc1)[C@H](C)[C@H]1CCCN(CCc2ccccc2)C1. The lowest BCUT2D eigenvalue weighted by molar-refractivity contribution is -0.119. The third-order valence-electron chi connectivity index (χ3n) is 5.80. The van der Waals surface area contributed by atoms with Gasteiger partial charge in [0, 0.05) is 31.2 Å². The summed E-state index contributed by atoms with van der Waals surface area (Å²) in [4.78, 5) is 17.3. The summed E-state index contributed by atoms with van der Waals surface area (Å²) in [6.07, 6.45) is 4.05. The van der Waals surface area contributed by atoms with Crippen molar-refractivity contribution in [2.24, 2.45) is 5.92 Å². The van der Waals surface area contributed by atoms with Gasteiger partial charge in [0.2, 0.25) is 5.91 Å². The van der Waals surface area contributed by atoms with Crippen LogP contribution in [0, 0.1) is 5.92 Å². The van der Waals surface area contributed by atoms with Gasteiger partial charge in [0.15, 0.2) is 0 Å². The molecule has 3 rings (SSSR count). The fourth-order valence-electron chi connectivity index (χ4n) is 4.20. The molecule has 1 aliphatic rings. The lowest BCUT2D eigenvalue weighted by Gasteiger charge is -2.40. The minimum atomic E-state index is 0.218. The molecule has 0 saturated carbocycles. The molecule has 2 aromatic carbocycles. The number of para-hydroxylation sites is 1. The fraction of sp³-hybridized carbons (Fsp3) is 0.458. The quantitative estimate of drug-likeness (QED) is 0.706. The maximum absolute atomic E-state index is 12.7. The highest BCUT2D eigenvalue weighted by atomic mass is 16.2. The monoisotopic (exact) mass is 364 g/mol. The van der Waals surface area contributed by atoms with Gasteiger partial charge in [-0.25, -0.2) is 0 Å². The summed E-state index contributed by atoms with van der Waals surface area (Å²) < 4.78 is 0. The third kappa shape index (κ3) is 5.20. The highest BCUT2D eigenvalue weighted by Gasteiger charge is 2.31. The number of carbonyl (C=O) groups is 1. The van der Waals surface area contributed by atoms with Crippen LogP contribution >= 0.6 is 0 Å². The van der Waals surface area contributed by atoms with Crippen molar-refractivity contribution in [2.75, 3.05) is 24.5 Å². The Bertz CT molecular complexity index is 701. The number of piperidine rings is 1. The van der Waals surface area contributed by atoms with Gasteiger partial charge < -0.3 is 9.80 Å². The van der Waals surface area contributed by atoms with Crippen LogP contribution in [0.2, 0.25) is 0 Å². The second kappa shape index (κ2) is 9.70. The fourth-order valence-corrected chi connectivity index (χ4v) is 4.20. The van der Waals surface area contributed by atoms with E-state index in [0.717, 1.165) is 25.2 Å². The van der Waals surface area contributed by atoms with Crippen LogP contribution in [0.1, 0.15) is 38.7 Å². The molecule has 0 aliphatic carbocycles. The van der Waals surface area contributed by atoms with Gasteiger partial charge in [-0.2, -0.15) is 0 Å². The van der Waals surface area contributed by atoms with Gasteiger partial charge in [-0.05, 0) is 56.3 Å².